The molecule has 0 atom stereocenters. The van der Waals surface area contributed by atoms with E-state index in [0.29, 0.717) is 22.7 Å². The molecule has 0 aliphatic rings. The van der Waals surface area contributed by atoms with E-state index in [4.69, 9.17) is 9.40 Å². The second-order valence-electron chi connectivity index (χ2n) is 10.9. The Balaban J connectivity index is 1.84. The summed E-state index contributed by atoms with van der Waals surface area (Å²) in [4.78, 5) is 4.91. The number of rotatable bonds is 4. The Morgan fingerprint density at radius 3 is 2.00 bits per heavy atom. The number of oxazole rings is 1. The van der Waals surface area contributed by atoms with Crippen molar-refractivity contribution in [2.75, 3.05) is 4.72 Å². The number of fused-ring (bicyclic) bond motifs is 1. The van der Waals surface area contributed by atoms with E-state index in [1.165, 1.54) is 0 Å². The quantitative estimate of drug-likeness (QED) is 0.338. The topological polar surface area (TPSA) is 72.2 Å². The van der Waals surface area contributed by atoms with Gasteiger partial charge < -0.3 is 4.42 Å². The fourth-order valence-corrected chi connectivity index (χ4v) is 4.78. The molecule has 34 heavy (non-hydrogen) atoms. The first-order chi connectivity index (χ1) is 15.7. The van der Waals surface area contributed by atoms with Crippen LogP contribution in [0.5, 0.6) is 0 Å². The predicted octanol–water partition coefficient (Wildman–Crippen LogP) is 7.20. The Kier molecular flexibility index (Phi) is 5.85. The van der Waals surface area contributed by atoms with Crippen LogP contribution in [-0.2, 0) is 20.9 Å². The fourth-order valence-electron chi connectivity index (χ4n) is 3.70. The van der Waals surface area contributed by atoms with E-state index in [0.717, 1.165) is 22.2 Å². The van der Waals surface area contributed by atoms with E-state index in [2.05, 4.69) is 52.3 Å². The highest BCUT2D eigenvalue weighted by Gasteiger charge is 2.23. The predicted molar refractivity (Wildman–Crippen MR) is 139 cm³/mol. The molecule has 0 aliphatic heterocycles. The van der Waals surface area contributed by atoms with Crippen LogP contribution in [-0.4, -0.2) is 13.4 Å². The smallest absolute Gasteiger partial charge is 0.261 e. The lowest BCUT2D eigenvalue weighted by molar-refractivity contribution is 0.582. The summed E-state index contributed by atoms with van der Waals surface area (Å²) in [6.45, 7) is 14.7. The Labute approximate surface area is 202 Å². The van der Waals surface area contributed by atoms with Gasteiger partial charge in [0.05, 0.1) is 16.1 Å². The van der Waals surface area contributed by atoms with Crippen molar-refractivity contribution in [1.29, 1.82) is 0 Å². The largest absolute Gasteiger partial charge is 0.436 e. The van der Waals surface area contributed by atoms with Gasteiger partial charge >= 0.3 is 0 Å². The molecule has 4 aromatic rings. The van der Waals surface area contributed by atoms with Gasteiger partial charge in [-0.15, -0.1) is 0 Å². The van der Waals surface area contributed by atoms with E-state index >= 15 is 0 Å². The zero-order valence-corrected chi connectivity index (χ0v) is 21.7. The number of benzene rings is 3. The number of nitrogens with zero attached hydrogens (tertiary/aromatic N) is 1. The standard InChI is InChI=1S/C28H32N2O3S/c1-18-8-12-21(13-9-18)34(31,32)30-23-14-10-19(27(2,3)4)16-22(23)26-29-24-15-11-20(28(5,6)7)17-25(24)33-26/h8-17,30H,1-7H3. The van der Waals surface area contributed by atoms with Crippen molar-refractivity contribution >= 4 is 26.8 Å². The minimum Gasteiger partial charge on any atom is -0.436 e. The first kappa shape index (κ1) is 24.0. The van der Waals surface area contributed by atoms with Crippen LogP contribution in [0.4, 0.5) is 5.69 Å². The van der Waals surface area contributed by atoms with Crippen LogP contribution in [0.25, 0.3) is 22.6 Å². The van der Waals surface area contributed by atoms with E-state index < -0.39 is 10.0 Å². The second kappa shape index (κ2) is 8.27. The van der Waals surface area contributed by atoms with Crippen LogP contribution in [0.15, 0.2) is 70.0 Å². The minimum atomic E-state index is -3.78. The van der Waals surface area contributed by atoms with Gasteiger partial charge in [0, 0.05) is 0 Å². The van der Waals surface area contributed by atoms with Gasteiger partial charge in [-0.1, -0.05) is 71.4 Å². The third-order valence-corrected chi connectivity index (χ3v) is 7.33. The summed E-state index contributed by atoms with van der Waals surface area (Å²) in [5.74, 6) is 0.383. The summed E-state index contributed by atoms with van der Waals surface area (Å²) < 4.78 is 35.2. The number of hydrogen-bond donors (Lipinski definition) is 1. The molecule has 0 bridgehead atoms. The van der Waals surface area contributed by atoms with Crippen LogP contribution in [0.1, 0.15) is 58.2 Å². The molecule has 0 radical (unpaired) electrons. The molecule has 4 rings (SSSR count). The van der Waals surface area contributed by atoms with Crippen molar-refractivity contribution in [2.24, 2.45) is 0 Å². The van der Waals surface area contributed by atoms with Gasteiger partial charge in [0.25, 0.3) is 10.0 Å². The third-order valence-electron chi connectivity index (χ3n) is 5.95. The lowest BCUT2D eigenvalue weighted by Gasteiger charge is -2.21. The van der Waals surface area contributed by atoms with Gasteiger partial charge in [-0.3, -0.25) is 4.72 Å². The molecule has 3 aromatic carbocycles. The molecule has 0 aliphatic carbocycles. The maximum atomic E-state index is 13.1. The molecule has 5 nitrogen and oxygen atoms in total. The average molecular weight is 477 g/mol. The van der Waals surface area contributed by atoms with E-state index in [1.807, 2.05) is 31.2 Å². The van der Waals surface area contributed by atoms with Crippen molar-refractivity contribution in [3.05, 3.63) is 77.4 Å². The van der Waals surface area contributed by atoms with E-state index in [-0.39, 0.29) is 15.7 Å². The van der Waals surface area contributed by atoms with Gasteiger partial charge in [-0.05, 0) is 65.3 Å². The molecule has 6 heteroatoms. The molecular formula is C28H32N2O3S. The Hall–Kier alpha value is -3.12. The molecule has 0 amide bonds. The molecule has 0 saturated carbocycles. The minimum absolute atomic E-state index is 0.0257. The normalized spacial score (nSPS) is 12.8. The van der Waals surface area contributed by atoms with Crippen LogP contribution in [0, 0.1) is 6.92 Å². The fraction of sp³-hybridized carbons (Fsp3) is 0.321. The molecular weight excluding hydrogens is 444 g/mol. The molecule has 1 heterocycles. The van der Waals surface area contributed by atoms with Crippen molar-refractivity contribution < 1.29 is 12.8 Å². The van der Waals surface area contributed by atoms with Crippen LogP contribution in [0.3, 0.4) is 0 Å². The SMILES string of the molecule is Cc1ccc(S(=O)(=O)Nc2ccc(C(C)(C)C)cc2-c2nc3ccc(C(C)(C)C)cc3o2)cc1. The van der Waals surface area contributed by atoms with E-state index in [1.54, 1.807) is 30.3 Å². The number of aromatic nitrogens is 1. The first-order valence-electron chi connectivity index (χ1n) is 11.4. The van der Waals surface area contributed by atoms with Crippen LogP contribution >= 0.6 is 0 Å². The maximum absolute atomic E-state index is 13.1. The van der Waals surface area contributed by atoms with Gasteiger partial charge in [0.1, 0.15) is 5.52 Å². The first-order valence-corrected chi connectivity index (χ1v) is 12.9. The highest BCUT2D eigenvalue weighted by atomic mass is 32.2. The molecule has 0 unspecified atom stereocenters. The molecule has 0 fully saturated rings. The summed E-state index contributed by atoms with van der Waals surface area (Å²) in [5, 5.41) is 0. The zero-order chi connectivity index (χ0) is 24.9. The van der Waals surface area contributed by atoms with Gasteiger partial charge in [0.15, 0.2) is 5.58 Å². The Morgan fingerprint density at radius 2 is 1.38 bits per heavy atom. The maximum Gasteiger partial charge on any atom is 0.261 e. The monoisotopic (exact) mass is 476 g/mol. The number of nitrogens with one attached hydrogen (secondary N) is 1. The third kappa shape index (κ3) is 4.87. The second-order valence-corrected chi connectivity index (χ2v) is 12.6. The molecule has 1 aromatic heterocycles. The van der Waals surface area contributed by atoms with Crippen molar-refractivity contribution in [3.8, 4) is 11.5 Å². The Bertz CT molecular complexity index is 1450. The number of hydrogen-bond acceptors (Lipinski definition) is 4. The highest BCUT2D eigenvalue weighted by molar-refractivity contribution is 7.92. The zero-order valence-electron chi connectivity index (χ0n) is 20.9. The summed E-state index contributed by atoms with van der Waals surface area (Å²) in [7, 11) is -3.78. The molecule has 1 N–H and O–H groups in total. The van der Waals surface area contributed by atoms with E-state index in [9.17, 15) is 8.42 Å². The highest BCUT2D eigenvalue weighted by Crippen LogP contribution is 2.36. The summed E-state index contributed by atoms with van der Waals surface area (Å²) >= 11 is 0. The van der Waals surface area contributed by atoms with Gasteiger partial charge in [0.2, 0.25) is 5.89 Å². The average Bonchev–Trinajstić information content (AvgIpc) is 3.16. The molecule has 0 spiro atoms. The van der Waals surface area contributed by atoms with Crippen molar-refractivity contribution in [1.82, 2.24) is 4.98 Å². The van der Waals surface area contributed by atoms with Crippen molar-refractivity contribution in [3.63, 3.8) is 0 Å². The molecule has 178 valence electrons. The lowest BCUT2D eigenvalue weighted by Crippen LogP contribution is -2.15. The van der Waals surface area contributed by atoms with Gasteiger partial charge in [-0.25, -0.2) is 13.4 Å². The summed E-state index contributed by atoms with van der Waals surface area (Å²) in [5.41, 5.74) is 5.48. The summed E-state index contributed by atoms with van der Waals surface area (Å²) in [6, 6.07) is 18.5. The summed E-state index contributed by atoms with van der Waals surface area (Å²) in [6.07, 6.45) is 0. The van der Waals surface area contributed by atoms with Gasteiger partial charge in [-0.2, -0.15) is 0 Å². The number of sulfonamides is 1. The molecule has 0 saturated heterocycles. The van der Waals surface area contributed by atoms with Crippen LogP contribution in [0.2, 0.25) is 0 Å². The number of anilines is 1. The van der Waals surface area contributed by atoms with Crippen molar-refractivity contribution in [2.45, 2.75) is 64.2 Å². The number of aryl methyl sites for hydroxylation is 1. The lowest BCUT2D eigenvalue weighted by atomic mass is 9.86. The van der Waals surface area contributed by atoms with Crippen LogP contribution < -0.4 is 4.72 Å². The Morgan fingerprint density at radius 1 is 0.794 bits per heavy atom.